The van der Waals surface area contributed by atoms with Crippen molar-refractivity contribution in [1.82, 2.24) is 0 Å². The van der Waals surface area contributed by atoms with E-state index in [0.29, 0.717) is 10.0 Å². The predicted octanol–water partition coefficient (Wildman–Crippen LogP) is 5.59. The summed E-state index contributed by atoms with van der Waals surface area (Å²) in [6.45, 7) is 2.20. The summed E-state index contributed by atoms with van der Waals surface area (Å²) in [6, 6.07) is 5.58. The van der Waals surface area contributed by atoms with Crippen molar-refractivity contribution in [3.05, 3.63) is 39.9 Å². The fourth-order valence-corrected chi connectivity index (χ4v) is 1.91. The molecule has 0 N–H and O–H groups in total. The van der Waals surface area contributed by atoms with Crippen molar-refractivity contribution in [1.29, 1.82) is 0 Å². The topological polar surface area (TPSA) is 0 Å². The predicted molar refractivity (Wildman–Crippen MR) is 69.6 cm³/mol. The zero-order valence-corrected chi connectivity index (χ0v) is 10.5. The highest BCUT2D eigenvalue weighted by molar-refractivity contribution is 6.37. The summed E-state index contributed by atoms with van der Waals surface area (Å²) < 4.78 is 0. The summed E-state index contributed by atoms with van der Waals surface area (Å²) in [5, 5.41) is 1.43. The van der Waals surface area contributed by atoms with Gasteiger partial charge in [0.2, 0.25) is 0 Å². The minimum atomic E-state index is 0.717. The van der Waals surface area contributed by atoms with E-state index in [2.05, 4.69) is 13.0 Å². The highest BCUT2D eigenvalue weighted by Gasteiger charge is 2.00. The molecule has 0 aromatic heterocycles. The van der Waals surface area contributed by atoms with Crippen molar-refractivity contribution in [3.8, 4) is 0 Å². The summed E-state index contributed by atoms with van der Waals surface area (Å²) >= 11 is 12.1. The maximum atomic E-state index is 6.03. The molecule has 2 heteroatoms. The standard InChI is InChI=1S/C13H16Cl2/c1-2-3-4-5-6-8-11-12(14)9-7-10-13(11)15/h6-10H,2-5H2,1H3/b8-6+. The average Bonchev–Trinajstić information content (AvgIpc) is 2.21. The third kappa shape index (κ3) is 4.27. The molecule has 0 unspecified atom stereocenters. The molecule has 0 atom stereocenters. The van der Waals surface area contributed by atoms with Gasteiger partial charge in [-0.3, -0.25) is 0 Å². The van der Waals surface area contributed by atoms with Crippen molar-refractivity contribution in [2.75, 3.05) is 0 Å². The molecule has 0 saturated carbocycles. The van der Waals surface area contributed by atoms with Crippen LogP contribution in [0.15, 0.2) is 24.3 Å². The van der Waals surface area contributed by atoms with Crippen molar-refractivity contribution in [2.24, 2.45) is 0 Å². The summed E-state index contributed by atoms with van der Waals surface area (Å²) in [5.41, 5.74) is 0.928. The van der Waals surface area contributed by atoms with Crippen molar-refractivity contribution < 1.29 is 0 Å². The summed E-state index contributed by atoms with van der Waals surface area (Å²) in [6.07, 6.45) is 9.01. The van der Waals surface area contributed by atoms with Crippen LogP contribution in [0.5, 0.6) is 0 Å². The van der Waals surface area contributed by atoms with E-state index in [9.17, 15) is 0 Å². The summed E-state index contributed by atoms with van der Waals surface area (Å²) in [7, 11) is 0. The van der Waals surface area contributed by atoms with Gasteiger partial charge in [0.1, 0.15) is 0 Å². The molecule has 1 rings (SSSR count). The van der Waals surface area contributed by atoms with E-state index in [1.807, 2.05) is 24.3 Å². The second-order valence-electron chi connectivity index (χ2n) is 3.53. The molecular weight excluding hydrogens is 227 g/mol. The molecule has 0 aliphatic carbocycles. The molecule has 0 nitrogen and oxygen atoms in total. The lowest BCUT2D eigenvalue weighted by Gasteiger charge is -2.00. The number of allylic oxidation sites excluding steroid dienone is 1. The van der Waals surface area contributed by atoms with Gasteiger partial charge >= 0.3 is 0 Å². The van der Waals surface area contributed by atoms with Crippen LogP contribution in [0.2, 0.25) is 10.0 Å². The first-order valence-electron chi connectivity index (χ1n) is 5.36. The smallest absolute Gasteiger partial charge is 0.0493 e. The number of halogens is 2. The van der Waals surface area contributed by atoms with Gasteiger partial charge in [-0.2, -0.15) is 0 Å². The van der Waals surface area contributed by atoms with Gasteiger partial charge in [-0.25, -0.2) is 0 Å². The lowest BCUT2D eigenvalue weighted by Crippen LogP contribution is -1.77. The van der Waals surface area contributed by atoms with E-state index in [1.54, 1.807) is 0 Å². The zero-order valence-electron chi connectivity index (χ0n) is 8.97. The normalized spacial score (nSPS) is 11.1. The third-order valence-corrected chi connectivity index (χ3v) is 2.92. The van der Waals surface area contributed by atoms with Crippen LogP contribution in [-0.2, 0) is 0 Å². The lowest BCUT2D eigenvalue weighted by atomic mass is 10.1. The first-order valence-corrected chi connectivity index (χ1v) is 6.12. The van der Waals surface area contributed by atoms with Crippen LogP contribution < -0.4 is 0 Å². The van der Waals surface area contributed by atoms with Crippen LogP contribution in [0.1, 0.15) is 38.2 Å². The zero-order chi connectivity index (χ0) is 11.1. The van der Waals surface area contributed by atoms with Crippen LogP contribution in [0.3, 0.4) is 0 Å². The van der Waals surface area contributed by atoms with E-state index in [4.69, 9.17) is 23.2 Å². The van der Waals surface area contributed by atoms with E-state index in [-0.39, 0.29) is 0 Å². The lowest BCUT2D eigenvalue weighted by molar-refractivity contribution is 0.730. The first kappa shape index (κ1) is 12.6. The second-order valence-corrected chi connectivity index (χ2v) is 4.35. The highest BCUT2D eigenvalue weighted by Crippen LogP contribution is 2.25. The van der Waals surface area contributed by atoms with Crippen LogP contribution in [-0.4, -0.2) is 0 Å². The molecule has 1 aromatic carbocycles. The van der Waals surface area contributed by atoms with Gasteiger partial charge in [-0.15, -0.1) is 0 Å². The Balaban J connectivity index is 2.56. The van der Waals surface area contributed by atoms with Crippen LogP contribution in [0.4, 0.5) is 0 Å². The van der Waals surface area contributed by atoms with Crippen LogP contribution in [0, 0.1) is 0 Å². The highest BCUT2D eigenvalue weighted by atomic mass is 35.5. The summed E-state index contributed by atoms with van der Waals surface area (Å²) in [5.74, 6) is 0. The molecule has 0 amide bonds. The Hall–Kier alpha value is -0.460. The molecule has 0 bridgehead atoms. The molecular formula is C13H16Cl2. The Morgan fingerprint density at radius 3 is 2.40 bits per heavy atom. The SMILES string of the molecule is CCCCC/C=C/c1c(Cl)cccc1Cl. The number of hydrogen-bond acceptors (Lipinski definition) is 0. The second kappa shape index (κ2) is 6.92. The van der Waals surface area contributed by atoms with Crippen molar-refractivity contribution in [3.63, 3.8) is 0 Å². The van der Waals surface area contributed by atoms with E-state index < -0.39 is 0 Å². The number of unbranched alkanes of at least 4 members (excludes halogenated alkanes) is 3. The Labute approximate surface area is 102 Å². The Morgan fingerprint density at radius 2 is 1.80 bits per heavy atom. The molecule has 0 radical (unpaired) electrons. The molecule has 0 saturated heterocycles. The minimum absolute atomic E-state index is 0.717. The van der Waals surface area contributed by atoms with Gasteiger partial charge in [-0.05, 0) is 25.0 Å². The Bertz CT molecular complexity index is 309. The quantitative estimate of drug-likeness (QED) is 0.591. The summed E-state index contributed by atoms with van der Waals surface area (Å²) in [4.78, 5) is 0. The average molecular weight is 243 g/mol. The Kier molecular flexibility index (Phi) is 5.82. The van der Waals surface area contributed by atoms with Crippen LogP contribution in [0.25, 0.3) is 6.08 Å². The first-order chi connectivity index (χ1) is 7.25. The maximum absolute atomic E-state index is 6.03. The molecule has 0 heterocycles. The largest absolute Gasteiger partial charge is 0.0838 e. The monoisotopic (exact) mass is 242 g/mol. The molecule has 0 fully saturated rings. The molecule has 0 aliphatic heterocycles. The molecule has 0 aliphatic rings. The Morgan fingerprint density at radius 1 is 1.13 bits per heavy atom. The van der Waals surface area contributed by atoms with Gasteiger partial charge in [0.15, 0.2) is 0 Å². The molecule has 82 valence electrons. The van der Waals surface area contributed by atoms with Gasteiger partial charge in [0, 0.05) is 15.6 Å². The van der Waals surface area contributed by atoms with E-state index >= 15 is 0 Å². The number of benzene rings is 1. The van der Waals surface area contributed by atoms with Gasteiger partial charge in [0.25, 0.3) is 0 Å². The fraction of sp³-hybridized carbons (Fsp3) is 0.385. The van der Waals surface area contributed by atoms with Crippen LogP contribution >= 0.6 is 23.2 Å². The third-order valence-electron chi connectivity index (χ3n) is 2.26. The molecule has 15 heavy (non-hydrogen) atoms. The maximum Gasteiger partial charge on any atom is 0.0493 e. The van der Waals surface area contributed by atoms with Crippen molar-refractivity contribution >= 4 is 29.3 Å². The molecule has 1 aromatic rings. The van der Waals surface area contributed by atoms with E-state index in [0.717, 1.165) is 12.0 Å². The van der Waals surface area contributed by atoms with Crippen molar-refractivity contribution in [2.45, 2.75) is 32.6 Å². The van der Waals surface area contributed by atoms with Gasteiger partial charge in [-0.1, -0.05) is 61.2 Å². The minimum Gasteiger partial charge on any atom is -0.0838 e. The number of hydrogen-bond donors (Lipinski definition) is 0. The van der Waals surface area contributed by atoms with Gasteiger partial charge < -0.3 is 0 Å². The van der Waals surface area contributed by atoms with E-state index in [1.165, 1.54) is 19.3 Å². The fourth-order valence-electron chi connectivity index (χ4n) is 1.38. The molecule has 0 spiro atoms. The number of rotatable bonds is 5. The van der Waals surface area contributed by atoms with Gasteiger partial charge in [0.05, 0.1) is 0 Å².